The number of nitrogens with zero attached hydrogens (tertiary/aromatic N) is 3. The van der Waals surface area contributed by atoms with Crippen LogP contribution in [-0.4, -0.2) is 32.7 Å². The van der Waals surface area contributed by atoms with Crippen molar-refractivity contribution >= 4 is 27.4 Å². The Hall–Kier alpha value is -2.05. The minimum absolute atomic E-state index is 0.423. The molecule has 3 aromatic rings. The number of aliphatic hydroxyl groups is 1. The summed E-state index contributed by atoms with van der Waals surface area (Å²) in [5, 5.41) is 14.0. The molecule has 0 spiro atoms. The highest BCUT2D eigenvalue weighted by atomic mass is 32.1. The molecule has 6 heteroatoms. The number of anilines is 1. The second kappa shape index (κ2) is 5.86. The van der Waals surface area contributed by atoms with Crippen molar-refractivity contribution in [3.63, 3.8) is 0 Å². The lowest BCUT2D eigenvalue weighted by Gasteiger charge is -2.11. The topological polar surface area (TPSA) is 70.9 Å². The SMILES string of the molecule is C[C@@H](O)CNc1nc(-c2cccnc2)nc2sc3c(c12)CCC3. The number of rotatable bonds is 4. The minimum Gasteiger partial charge on any atom is -0.392 e. The molecule has 5 nitrogen and oxygen atoms in total. The number of pyridine rings is 1. The first-order valence-corrected chi connectivity index (χ1v) is 8.68. The largest absolute Gasteiger partial charge is 0.392 e. The third-order valence-electron chi connectivity index (χ3n) is 4.05. The normalized spacial score (nSPS) is 14.9. The maximum Gasteiger partial charge on any atom is 0.164 e. The highest BCUT2D eigenvalue weighted by Crippen LogP contribution is 2.40. The van der Waals surface area contributed by atoms with E-state index in [-0.39, 0.29) is 0 Å². The van der Waals surface area contributed by atoms with E-state index in [0.29, 0.717) is 12.4 Å². The van der Waals surface area contributed by atoms with Gasteiger partial charge in [-0.25, -0.2) is 9.97 Å². The van der Waals surface area contributed by atoms with Crippen LogP contribution in [0.25, 0.3) is 21.6 Å². The van der Waals surface area contributed by atoms with Gasteiger partial charge in [-0.2, -0.15) is 0 Å². The molecule has 0 fully saturated rings. The third-order valence-corrected chi connectivity index (χ3v) is 5.24. The van der Waals surface area contributed by atoms with Crippen LogP contribution in [0.5, 0.6) is 0 Å². The Balaban J connectivity index is 1.87. The van der Waals surface area contributed by atoms with Crippen molar-refractivity contribution in [1.82, 2.24) is 15.0 Å². The molecule has 0 unspecified atom stereocenters. The number of thiophene rings is 1. The monoisotopic (exact) mass is 326 g/mol. The van der Waals surface area contributed by atoms with Gasteiger partial charge in [0, 0.05) is 29.4 Å². The first-order valence-electron chi connectivity index (χ1n) is 7.87. The van der Waals surface area contributed by atoms with Crippen molar-refractivity contribution < 1.29 is 5.11 Å². The van der Waals surface area contributed by atoms with Crippen LogP contribution in [0.4, 0.5) is 5.82 Å². The molecule has 1 aliphatic carbocycles. The van der Waals surface area contributed by atoms with Crippen LogP contribution in [-0.2, 0) is 12.8 Å². The molecule has 0 aromatic carbocycles. The van der Waals surface area contributed by atoms with Crippen molar-refractivity contribution in [1.29, 1.82) is 0 Å². The summed E-state index contributed by atoms with van der Waals surface area (Å²) in [6, 6.07) is 3.86. The molecule has 3 heterocycles. The van der Waals surface area contributed by atoms with E-state index < -0.39 is 6.10 Å². The van der Waals surface area contributed by atoms with Crippen molar-refractivity contribution in [2.45, 2.75) is 32.3 Å². The van der Waals surface area contributed by atoms with Gasteiger partial charge >= 0.3 is 0 Å². The molecule has 4 rings (SSSR count). The first-order chi connectivity index (χ1) is 11.2. The highest BCUT2D eigenvalue weighted by Gasteiger charge is 2.22. The fourth-order valence-electron chi connectivity index (χ4n) is 2.99. The summed E-state index contributed by atoms with van der Waals surface area (Å²) in [5.41, 5.74) is 2.29. The maximum absolute atomic E-state index is 9.60. The van der Waals surface area contributed by atoms with Crippen molar-refractivity contribution in [2.24, 2.45) is 0 Å². The number of nitrogens with one attached hydrogen (secondary N) is 1. The molecule has 0 radical (unpaired) electrons. The van der Waals surface area contributed by atoms with Gasteiger partial charge in [0.2, 0.25) is 0 Å². The average molecular weight is 326 g/mol. The molecule has 3 aromatic heterocycles. The molecule has 1 aliphatic rings. The van der Waals surface area contributed by atoms with Crippen LogP contribution in [0.3, 0.4) is 0 Å². The third kappa shape index (κ3) is 2.68. The van der Waals surface area contributed by atoms with E-state index in [9.17, 15) is 5.11 Å². The molecule has 0 saturated carbocycles. The number of aliphatic hydroxyl groups excluding tert-OH is 1. The highest BCUT2D eigenvalue weighted by molar-refractivity contribution is 7.19. The number of hydrogen-bond acceptors (Lipinski definition) is 6. The molecule has 0 saturated heterocycles. The van der Waals surface area contributed by atoms with E-state index in [1.165, 1.54) is 16.9 Å². The van der Waals surface area contributed by atoms with Crippen molar-refractivity contribution in [2.75, 3.05) is 11.9 Å². The number of hydrogen-bond donors (Lipinski definition) is 2. The molecule has 23 heavy (non-hydrogen) atoms. The van der Waals surface area contributed by atoms with Crippen molar-refractivity contribution in [3.8, 4) is 11.4 Å². The molecular weight excluding hydrogens is 308 g/mol. The number of aryl methyl sites for hydroxylation is 2. The van der Waals surface area contributed by atoms with Crippen LogP contribution in [0.1, 0.15) is 23.8 Å². The summed E-state index contributed by atoms with van der Waals surface area (Å²) in [6.45, 7) is 2.24. The zero-order valence-electron chi connectivity index (χ0n) is 12.9. The van der Waals surface area contributed by atoms with E-state index in [1.807, 2.05) is 12.1 Å². The summed E-state index contributed by atoms with van der Waals surface area (Å²) in [5.74, 6) is 1.51. The molecule has 0 aliphatic heterocycles. The van der Waals surface area contributed by atoms with Gasteiger partial charge in [-0.3, -0.25) is 4.98 Å². The summed E-state index contributed by atoms with van der Waals surface area (Å²) >= 11 is 1.77. The fourth-order valence-corrected chi connectivity index (χ4v) is 4.25. The molecule has 0 bridgehead atoms. The van der Waals surface area contributed by atoms with Gasteiger partial charge in [0.05, 0.1) is 11.5 Å². The second-order valence-electron chi connectivity index (χ2n) is 5.90. The second-order valence-corrected chi connectivity index (χ2v) is 6.99. The predicted octanol–water partition coefficient (Wildman–Crippen LogP) is 3.03. The Morgan fingerprint density at radius 1 is 1.35 bits per heavy atom. The quantitative estimate of drug-likeness (QED) is 0.771. The van der Waals surface area contributed by atoms with E-state index in [4.69, 9.17) is 9.97 Å². The molecular formula is C17H18N4OS. The van der Waals surface area contributed by atoms with E-state index in [1.54, 1.807) is 30.7 Å². The summed E-state index contributed by atoms with van der Waals surface area (Å²) in [7, 11) is 0. The molecule has 118 valence electrons. The van der Waals surface area contributed by atoms with Gasteiger partial charge in [-0.1, -0.05) is 0 Å². The van der Waals surface area contributed by atoms with E-state index >= 15 is 0 Å². The molecule has 1 atom stereocenters. The van der Waals surface area contributed by atoms with Crippen molar-refractivity contribution in [3.05, 3.63) is 35.0 Å². The van der Waals surface area contributed by atoms with Crippen LogP contribution in [0.2, 0.25) is 0 Å². The van der Waals surface area contributed by atoms with Gasteiger partial charge in [0.15, 0.2) is 5.82 Å². The number of aromatic nitrogens is 3. The molecule has 2 N–H and O–H groups in total. The number of fused-ring (bicyclic) bond motifs is 3. The predicted molar refractivity (Wildman–Crippen MR) is 92.8 cm³/mol. The lowest BCUT2D eigenvalue weighted by molar-refractivity contribution is 0.208. The van der Waals surface area contributed by atoms with Gasteiger partial charge in [-0.05, 0) is 43.9 Å². The van der Waals surface area contributed by atoms with Gasteiger partial charge in [0.25, 0.3) is 0 Å². The summed E-state index contributed by atoms with van der Waals surface area (Å²) in [4.78, 5) is 16.1. The van der Waals surface area contributed by atoms with E-state index in [2.05, 4.69) is 10.3 Å². The van der Waals surface area contributed by atoms with Gasteiger partial charge in [0.1, 0.15) is 10.6 Å². The van der Waals surface area contributed by atoms with Crippen LogP contribution < -0.4 is 5.32 Å². The van der Waals surface area contributed by atoms with Crippen LogP contribution in [0.15, 0.2) is 24.5 Å². The Morgan fingerprint density at radius 3 is 3.04 bits per heavy atom. The summed E-state index contributed by atoms with van der Waals surface area (Å²) in [6.07, 6.45) is 6.53. The lowest BCUT2D eigenvalue weighted by atomic mass is 10.1. The Bertz CT molecular complexity index is 845. The maximum atomic E-state index is 9.60. The van der Waals surface area contributed by atoms with Crippen LogP contribution >= 0.6 is 11.3 Å². The first kappa shape index (κ1) is 14.5. The lowest BCUT2D eigenvalue weighted by Crippen LogP contribution is -2.16. The molecule has 0 amide bonds. The smallest absolute Gasteiger partial charge is 0.164 e. The average Bonchev–Trinajstić information content (AvgIpc) is 3.13. The Labute approximate surface area is 138 Å². The minimum atomic E-state index is -0.423. The standard InChI is InChI=1S/C17H18N4OS/c1-10(22)8-19-16-14-12-5-2-6-13(12)23-17(14)21-15(20-16)11-4-3-7-18-9-11/h3-4,7,9-10,22H,2,5-6,8H2,1H3,(H,19,20,21)/t10-/m1/s1. The zero-order valence-corrected chi connectivity index (χ0v) is 13.7. The summed E-state index contributed by atoms with van der Waals surface area (Å²) < 4.78 is 0. The zero-order chi connectivity index (χ0) is 15.8. The Kier molecular flexibility index (Phi) is 3.71. The van der Waals surface area contributed by atoms with Crippen LogP contribution in [0, 0.1) is 0 Å². The Morgan fingerprint density at radius 2 is 2.26 bits per heavy atom. The van der Waals surface area contributed by atoms with Gasteiger partial charge in [-0.15, -0.1) is 11.3 Å². The van der Waals surface area contributed by atoms with E-state index in [0.717, 1.165) is 34.4 Å². The van der Waals surface area contributed by atoms with Gasteiger partial charge < -0.3 is 10.4 Å². The fraction of sp³-hybridized carbons (Fsp3) is 0.353.